The van der Waals surface area contributed by atoms with Crippen molar-refractivity contribution < 1.29 is 18.4 Å². The minimum atomic E-state index is -0.845. The molecular formula is C27H28F2N2O2. The van der Waals surface area contributed by atoms with Crippen LogP contribution in [0, 0.1) is 11.6 Å². The normalized spacial score (nSPS) is 11.8. The number of carbonyl (C=O) groups excluding carboxylic acids is 2. The SMILES string of the molecule is CC(C)NC(=O)C(Cc1ccccc1)N(Cc1ccccc1F)C(=O)Cc1ccc(F)cc1. The summed E-state index contributed by atoms with van der Waals surface area (Å²) in [6, 6.07) is 20.3. The van der Waals surface area contributed by atoms with Crippen molar-refractivity contribution in [3.8, 4) is 0 Å². The van der Waals surface area contributed by atoms with Gasteiger partial charge in [0.25, 0.3) is 0 Å². The number of nitrogens with zero attached hydrogens (tertiary/aromatic N) is 1. The van der Waals surface area contributed by atoms with E-state index >= 15 is 0 Å². The van der Waals surface area contributed by atoms with Crippen molar-refractivity contribution >= 4 is 11.8 Å². The van der Waals surface area contributed by atoms with Crippen LogP contribution in [0.4, 0.5) is 8.78 Å². The summed E-state index contributed by atoms with van der Waals surface area (Å²) in [5, 5.41) is 2.89. The van der Waals surface area contributed by atoms with Crippen LogP contribution in [0.2, 0.25) is 0 Å². The van der Waals surface area contributed by atoms with Gasteiger partial charge in [-0.25, -0.2) is 8.78 Å². The average Bonchev–Trinajstić information content (AvgIpc) is 2.79. The number of hydrogen-bond acceptors (Lipinski definition) is 2. The van der Waals surface area contributed by atoms with E-state index in [0.717, 1.165) is 5.56 Å². The maximum atomic E-state index is 14.5. The van der Waals surface area contributed by atoms with E-state index < -0.39 is 17.7 Å². The highest BCUT2D eigenvalue weighted by Crippen LogP contribution is 2.18. The zero-order valence-corrected chi connectivity index (χ0v) is 18.8. The van der Waals surface area contributed by atoms with Crippen LogP contribution in [0.5, 0.6) is 0 Å². The Labute approximate surface area is 193 Å². The van der Waals surface area contributed by atoms with Crippen molar-refractivity contribution in [2.75, 3.05) is 0 Å². The van der Waals surface area contributed by atoms with Crippen LogP contribution in [0.15, 0.2) is 78.9 Å². The molecule has 33 heavy (non-hydrogen) atoms. The van der Waals surface area contributed by atoms with Gasteiger partial charge in [-0.05, 0) is 43.2 Å². The predicted octanol–water partition coefficient (Wildman–Crippen LogP) is 4.67. The molecule has 0 radical (unpaired) electrons. The molecule has 172 valence electrons. The molecule has 0 saturated heterocycles. The summed E-state index contributed by atoms with van der Waals surface area (Å²) in [6.45, 7) is 3.63. The number of benzene rings is 3. The number of rotatable bonds is 9. The highest BCUT2D eigenvalue weighted by atomic mass is 19.1. The first-order chi connectivity index (χ1) is 15.8. The third kappa shape index (κ3) is 6.97. The maximum absolute atomic E-state index is 14.5. The molecule has 3 rings (SSSR count). The van der Waals surface area contributed by atoms with Gasteiger partial charge in [-0.2, -0.15) is 0 Å². The fourth-order valence-electron chi connectivity index (χ4n) is 3.62. The molecule has 2 amide bonds. The lowest BCUT2D eigenvalue weighted by molar-refractivity contribution is -0.141. The predicted molar refractivity (Wildman–Crippen MR) is 124 cm³/mol. The molecule has 0 spiro atoms. The third-order valence-corrected chi connectivity index (χ3v) is 5.27. The second-order valence-electron chi connectivity index (χ2n) is 8.29. The van der Waals surface area contributed by atoms with Gasteiger partial charge in [-0.15, -0.1) is 0 Å². The van der Waals surface area contributed by atoms with Gasteiger partial charge in [0, 0.05) is 24.6 Å². The summed E-state index contributed by atoms with van der Waals surface area (Å²) >= 11 is 0. The molecule has 0 aromatic heterocycles. The number of halogens is 2. The van der Waals surface area contributed by atoms with Crippen molar-refractivity contribution in [2.45, 2.75) is 45.3 Å². The number of carbonyl (C=O) groups is 2. The van der Waals surface area contributed by atoms with Gasteiger partial charge in [-0.3, -0.25) is 9.59 Å². The molecule has 1 atom stereocenters. The van der Waals surface area contributed by atoms with Crippen molar-refractivity contribution in [2.24, 2.45) is 0 Å². The van der Waals surface area contributed by atoms with Gasteiger partial charge in [-0.1, -0.05) is 60.7 Å². The Balaban J connectivity index is 1.97. The second-order valence-corrected chi connectivity index (χ2v) is 8.29. The van der Waals surface area contributed by atoms with E-state index in [4.69, 9.17) is 0 Å². The lowest BCUT2D eigenvalue weighted by atomic mass is 10.0. The Morgan fingerprint density at radius 1 is 0.848 bits per heavy atom. The Morgan fingerprint density at radius 2 is 1.48 bits per heavy atom. The smallest absolute Gasteiger partial charge is 0.243 e. The first-order valence-corrected chi connectivity index (χ1v) is 10.9. The second kappa shape index (κ2) is 11.4. The third-order valence-electron chi connectivity index (χ3n) is 5.27. The number of nitrogens with one attached hydrogen (secondary N) is 1. The van der Waals surface area contributed by atoms with E-state index in [-0.39, 0.29) is 37.2 Å². The van der Waals surface area contributed by atoms with Crippen molar-refractivity contribution in [3.05, 3.63) is 107 Å². The highest BCUT2D eigenvalue weighted by Gasteiger charge is 2.31. The molecule has 0 aliphatic heterocycles. The molecule has 0 saturated carbocycles. The van der Waals surface area contributed by atoms with Gasteiger partial charge in [0.1, 0.15) is 17.7 Å². The molecule has 0 aliphatic rings. The number of amides is 2. The Kier molecular flexibility index (Phi) is 8.30. The molecule has 0 aliphatic carbocycles. The van der Waals surface area contributed by atoms with Crippen LogP contribution in [0.25, 0.3) is 0 Å². The van der Waals surface area contributed by atoms with E-state index in [1.165, 1.54) is 35.2 Å². The summed E-state index contributed by atoms with van der Waals surface area (Å²) in [5.74, 6) is -1.49. The largest absolute Gasteiger partial charge is 0.352 e. The zero-order chi connectivity index (χ0) is 23.8. The molecule has 0 bridgehead atoms. The summed E-state index contributed by atoms with van der Waals surface area (Å²) in [6.07, 6.45) is 0.248. The molecule has 3 aromatic rings. The summed E-state index contributed by atoms with van der Waals surface area (Å²) in [5.41, 5.74) is 1.82. The van der Waals surface area contributed by atoms with Gasteiger partial charge < -0.3 is 10.2 Å². The minimum absolute atomic E-state index is 0.0328. The standard InChI is InChI=1S/C27H28F2N2O2/c1-19(2)30-27(33)25(16-20-8-4-3-5-9-20)31(18-22-10-6-7-11-24(22)29)26(32)17-21-12-14-23(28)15-13-21/h3-15,19,25H,16-18H2,1-2H3,(H,30,33). The summed E-state index contributed by atoms with van der Waals surface area (Å²) in [7, 11) is 0. The zero-order valence-electron chi connectivity index (χ0n) is 18.8. The van der Waals surface area contributed by atoms with Crippen LogP contribution < -0.4 is 5.32 Å². The minimum Gasteiger partial charge on any atom is -0.352 e. The highest BCUT2D eigenvalue weighted by molar-refractivity contribution is 5.89. The Hall–Kier alpha value is -3.54. The van der Waals surface area contributed by atoms with Gasteiger partial charge in [0.15, 0.2) is 0 Å². The van der Waals surface area contributed by atoms with Crippen molar-refractivity contribution in [1.29, 1.82) is 0 Å². The van der Waals surface area contributed by atoms with Crippen molar-refractivity contribution in [1.82, 2.24) is 10.2 Å². The summed E-state index contributed by atoms with van der Waals surface area (Å²) in [4.78, 5) is 28.1. The van der Waals surface area contributed by atoms with E-state index in [9.17, 15) is 18.4 Å². The fourth-order valence-corrected chi connectivity index (χ4v) is 3.62. The van der Waals surface area contributed by atoms with Crippen LogP contribution >= 0.6 is 0 Å². The molecule has 6 heteroatoms. The molecule has 1 unspecified atom stereocenters. The van der Waals surface area contributed by atoms with E-state index in [1.807, 2.05) is 44.2 Å². The monoisotopic (exact) mass is 450 g/mol. The molecule has 3 aromatic carbocycles. The first-order valence-electron chi connectivity index (χ1n) is 10.9. The summed E-state index contributed by atoms with van der Waals surface area (Å²) < 4.78 is 27.8. The van der Waals surface area contributed by atoms with Gasteiger partial charge in [0.2, 0.25) is 11.8 Å². The van der Waals surface area contributed by atoms with E-state index in [2.05, 4.69) is 5.32 Å². The van der Waals surface area contributed by atoms with Crippen molar-refractivity contribution in [3.63, 3.8) is 0 Å². The van der Waals surface area contributed by atoms with Crippen LogP contribution in [0.1, 0.15) is 30.5 Å². The Morgan fingerprint density at radius 3 is 2.12 bits per heavy atom. The molecule has 0 heterocycles. The maximum Gasteiger partial charge on any atom is 0.243 e. The van der Waals surface area contributed by atoms with Crippen LogP contribution in [0.3, 0.4) is 0 Å². The van der Waals surface area contributed by atoms with Crippen LogP contribution in [-0.2, 0) is 29.0 Å². The van der Waals surface area contributed by atoms with Crippen LogP contribution in [-0.4, -0.2) is 28.8 Å². The topological polar surface area (TPSA) is 49.4 Å². The molecule has 1 N–H and O–H groups in total. The van der Waals surface area contributed by atoms with E-state index in [0.29, 0.717) is 11.1 Å². The fraction of sp³-hybridized carbons (Fsp3) is 0.259. The van der Waals surface area contributed by atoms with Gasteiger partial charge >= 0.3 is 0 Å². The average molecular weight is 451 g/mol. The van der Waals surface area contributed by atoms with E-state index in [1.54, 1.807) is 18.2 Å². The molecular weight excluding hydrogens is 422 g/mol. The van der Waals surface area contributed by atoms with Gasteiger partial charge in [0.05, 0.1) is 6.42 Å². The lowest BCUT2D eigenvalue weighted by Crippen LogP contribution is -2.52. The molecule has 0 fully saturated rings. The Bertz CT molecular complexity index is 1070. The number of hydrogen-bond donors (Lipinski definition) is 1. The lowest BCUT2D eigenvalue weighted by Gasteiger charge is -2.32. The first kappa shape index (κ1) is 24.1. The quantitative estimate of drug-likeness (QED) is 0.515. The molecule has 4 nitrogen and oxygen atoms in total.